The number of nitriles is 1. The lowest BCUT2D eigenvalue weighted by molar-refractivity contribution is -0.118. The maximum Gasteiger partial charge on any atom is 0.257 e. The van der Waals surface area contributed by atoms with Crippen LogP contribution in [0.2, 0.25) is 0 Å². The van der Waals surface area contributed by atoms with Gasteiger partial charge in [-0.25, -0.2) is 10.4 Å². The molecule has 0 fully saturated rings. The van der Waals surface area contributed by atoms with Crippen LogP contribution in [0.4, 0.5) is 0 Å². The standard InChI is InChI=1S/C17H12N4O2S/c18-9-12-5-7-13(8-6-12)10-19-21-16(22)11-24-17-20-14-3-1-2-4-15(14)23-17/h1-8,10H,11H2,(H,21,22). The van der Waals surface area contributed by atoms with E-state index in [0.717, 1.165) is 11.1 Å². The molecule has 0 aliphatic heterocycles. The summed E-state index contributed by atoms with van der Waals surface area (Å²) in [6.07, 6.45) is 1.52. The second-order valence-corrected chi connectivity index (χ2v) is 5.69. The number of benzene rings is 2. The van der Waals surface area contributed by atoms with Crippen molar-refractivity contribution in [3.63, 3.8) is 0 Å². The highest BCUT2D eigenvalue weighted by Crippen LogP contribution is 2.22. The highest BCUT2D eigenvalue weighted by molar-refractivity contribution is 7.99. The van der Waals surface area contributed by atoms with Gasteiger partial charge in [0, 0.05) is 0 Å². The van der Waals surface area contributed by atoms with Crippen molar-refractivity contribution in [2.45, 2.75) is 5.22 Å². The topological polar surface area (TPSA) is 91.3 Å². The van der Waals surface area contributed by atoms with E-state index in [0.29, 0.717) is 16.4 Å². The van der Waals surface area contributed by atoms with Gasteiger partial charge >= 0.3 is 0 Å². The van der Waals surface area contributed by atoms with E-state index in [4.69, 9.17) is 9.68 Å². The number of carbonyl (C=O) groups excluding carboxylic acids is 1. The van der Waals surface area contributed by atoms with Gasteiger partial charge in [0.15, 0.2) is 5.58 Å². The largest absolute Gasteiger partial charge is 0.431 e. The Kier molecular flexibility index (Phi) is 4.89. The number of oxazole rings is 1. The van der Waals surface area contributed by atoms with Gasteiger partial charge in [0.2, 0.25) is 0 Å². The molecule has 1 amide bonds. The first-order valence-electron chi connectivity index (χ1n) is 7.05. The van der Waals surface area contributed by atoms with Crippen LogP contribution >= 0.6 is 11.8 Å². The molecule has 0 saturated carbocycles. The molecule has 24 heavy (non-hydrogen) atoms. The van der Waals surface area contributed by atoms with Crippen LogP contribution in [-0.4, -0.2) is 22.9 Å². The number of amides is 1. The molecule has 1 heterocycles. The zero-order valence-corrected chi connectivity index (χ0v) is 13.3. The van der Waals surface area contributed by atoms with Crippen LogP contribution in [0, 0.1) is 11.3 Å². The Morgan fingerprint density at radius 1 is 1.29 bits per heavy atom. The molecule has 0 aliphatic carbocycles. The third-order valence-electron chi connectivity index (χ3n) is 3.04. The van der Waals surface area contributed by atoms with Crippen molar-refractivity contribution in [3.05, 3.63) is 59.7 Å². The van der Waals surface area contributed by atoms with Gasteiger partial charge in [-0.2, -0.15) is 10.4 Å². The monoisotopic (exact) mass is 336 g/mol. The summed E-state index contributed by atoms with van der Waals surface area (Å²) in [5, 5.41) is 13.0. The minimum absolute atomic E-state index is 0.150. The number of fused-ring (bicyclic) bond motifs is 1. The number of carbonyl (C=O) groups is 1. The zero-order chi connectivity index (χ0) is 16.8. The van der Waals surface area contributed by atoms with Gasteiger partial charge in [-0.3, -0.25) is 4.79 Å². The summed E-state index contributed by atoms with van der Waals surface area (Å²) in [6, 6.07) is 16.3. The first kappa shape index (κ1) is 15.8. The third kappa shape index (κ3) is 4.00. The number of nitrogens with zero attached hydrogens (tertiary/aromatic N) is 3. The van der Waals surface area contributed by atoms with Crippen LogP contribution in [0.3, 0.4) is 0 Å². The molecule has 0 bridgehead atoms. The molecule has 6 nitrogen and oxygen atoms in total. The Morgan fingerprint density at radius 2 is 2.08 bits per heavy atom. The Bertz CT molecular complexity index is 893. The van der Waals surface area contributed by atoms with E-state index in [1.165, 1.54) is 18.0 Å². The minimum Gasteiger partial charge on any atom is -0.431 e. The summed E-state index contributed by atoms with van der Waals surface area (Å²) >= 11 is 1.21. The van der Waals surface area contributed by atoms with Crippen LogP contribution in [-0.2, 0) is 4.79 Å². The number of aromatic nitrogens is 1. The molecule has 118 valence electrons. The second kappa shape index (κ2) is 7.44. The lowest BCUT2D eigenvalue weighted by Gasteiger charge is -1.97. The number of hydrogen-bond acceptors (Lipinski definition) is 6. The van der Waals surface area contributed by atoms with E-state index in [2.05, 4.69) is 15.5 Å². The van der Waals surface area contributed by atoms with Gasteiger partial charge in [-0.1, -0.05) is 36.0 Å². The normalized spacial score (nSPS) is 10.8. The third-order valence-corrected chi connectivity index (χ3v) is 3.87. The predicted octanol–water partition coefficient (Wildman–Crippen LogP) is 2.94. The van der Waals surface area contributed by atoms with Gasteiger partial charge in [0.1, 0.15) is 5.52 Å². The summed E-state index contributed by atoms with van der Waals surface area (Å²) in [5.74, 6) is -0.107. The van der Waals surface area contributed by atoms with E-state index in [-0.39, 0.29) is 11.7 Å². The summed E-state index contributed by atoms with van der Waals surface area (Å²) in [6.45, 7) is 0. The molecule has 0 spiro atoms. The minimum atomic E-state index is -0.257. The Labute approximate surface area is 142 Å². The van der Waals surface area contributed by atoms with Crippen LogP contribution in [0.1, 0.15) is 11.1 Å². The fraction of sp³-hybridized carbons (Fsp3) is 0.0588. The predicted molar refractivity (Wildman–Crippen MR) is 91.6 cm³/mol. The van der Waals surface area contributed by atoms with Crippen molar-refractivity contribution in [2.24, 2.45) is 5.10 Å². The average Bonchev–Trinajstić information content (AvgIpc) is 3.03. The molecule has 2 aromatic carbocycles. The van der Waals surface area contributed by atoms with Gasteiger partial charge < -0.3 is 4.42 Å². The molecule has 1 N–H and O–H groups in total. The fourth-order valence-electron chi connectivity index (χ4n) is 1.89. The van der Waals surface area contributed by atoms with E-state index in [1.54, 1.807) is 24.3 Å². The number of hydrogen-bond donors (Lipinski definition) is 1. The number of nitrogens with one attached hydrogen (secondary N) is 1. The lowest BCUT2D eigenvalue weighted by atomic mass is 10.2. The highest BCUT2D eigenvalue weighted by Gasteiger charge is 2.08. The highest BCUT2D eigenvalue weighted by atomic mass is 32.2. The lowest BCUT2D eigenvalue weighted by Crippen LogP contribution is -2.19. The summed E-state index contributed by atoms with van der Waals surface area (Å²) in [7, 11) is 0. The Morgan fingerprint density at radius 3 is 2.83 bits per heavy atom. The molecule has 7 heteroatoms. The molecule has 0 unspecified atom stereocenters. The summed E-state index contributed by atoms with van der Waals surface area (Å²) < 4.78 is 5.52. The van der Waals surface area contributed by atoms with Crippen LogP contribution < -0.4 is 5.43 Å². The van der Waals surface area contributed by atoms with Gasteiger partial charge in [-0.15, -0.1) is 0 Å². The smallest absolute Gasteiger partial charge is 0.257 e. The van der Waals surface area contributed by atoms with E-state index in [1.807, 2.05) is 30.3 Å². The average molecular weight is 336 g/mol. The first-order valence-corrected chi connectivity index (χ1v) is 8.03. The quantitative estimate of drug-likeness (QED) is 0.439. The number of rotatable bonds is 5. The van der Waals surface area contributed by atoms with E-state index in [9.17, 15) is 4.79 Å². The van der Waals surface area contributed by atoms with Crippen molar-refractivity contribution in [2.75, 3.05) is 5.75 Å². The van der Waals surface area contributed by atoms with Crippen molar-refractivity contribution in [1.29, 1.82) is 5.26 Å². The van der Waals surface area contributed by atoms with Gasteiger partial charge in [0.05, 0.1) is 23.6 Å². The number of hydrazone groups is 1. The van der Waals surface area contributed by atoms with Crippen LogP contribution in [0.15, 0.2) is 63.3 Å². The zero-order valence-electron chi connectivity index (χ0n) is 12.5. The number of para-hydroxylation sites is 2. The molecule has 3 rings (SSSR count). The fourth-order valence-corrected chi connectivity index (χ4v) is 2.53. The Balaban J connectivity index is 1.50. The molecule has 3 aromatic rings. The molecule has 0 aliphatic rings. The van der Waals surface area contributed by atoms with Crippen LogP contribution in [0.25, 0.3) is 11.1 Å². The number of thioether (sulfide) groups is 1. The van der Waals surface area contributed by atoms with Gasteiger partial charge in [-0.05, 0) is 29.8 Å². The van der Waals surface area contributed by atoms with E-state index < -0.39 is 0 Å². The Hall–Kier alpha value is -3.11. The first-order chi connectivity index (χ1) is 11.7. The molecular weight excluding hydrogens is 324 g/mol. The molecule has 0 atom stereocenters. The van der Waals surface area contributed by atoms with E-state index >= 15 is 0 Å². The summed E-state index contributed by atoms with van der Waals surface area (Å²) in [4.78, 5) is 16.0. The maximum absolute atomic E-state index is 11.8. The van der Waals surface area contributed by atoms with Crippen molar-refractivity contribution >= 4 is 35.0 Å². The van der Waals surface area contributed by atoms with Gasteiger partial charge in [0.25, 0.3) is 11.1 Å². The summed E-state index contributed by atoms with van der Waals surface area (Å²) in [5.41, 5.74) is 5.26. The molecule has 0 radical (unpaired) electrons. The molecule has 1 aromatic heterocycles. The SMILES string of the molecule is N#Cc1ccc(C=NNC(=O)CSc2nc3ccccc3o2)cc1. The van der Waals surface area contributed by atoms with Crippen molar-refractivity contribution < 1.29 is 9.21 Å². The molecule has 0 saturated heterocycles. The molecular formula is C17H12N4O2S. The van der Waals surface area contributed by atoms with Crippen molar-refractivity contribution in [1.82, 2.24) is 10.4 Å². The van der Waals surface area contributed by atoms with Crippen molar-refractivity contribution in [3.8, 4) is 6.07 Å². The maximum atomic E-state index is 11.8. The van der Waals surface area contributed by atoms with Crippen LogP contribution in [0.5, 0.6) is 0 Å². The second-order valence-electron chi connectivity index (χ2n) is 4.76.